The van der Waals surface area contributed by atoms with E-state index < -0.39 is 11.0 Å². The monoisotopic (exact) mass is 496 g/mol. The van der Waals surface area contributed by atoms with E-state index in [0.29, 0.717) is 24.2 Å². The maximum atomic E-state index is 13.3. The Bertz CT molecular complexity index is 1130. The molecule has 3 heterocycles. The Morgan fingerprint density at radius 2 is 2.03 bits per heavy atom. The van der Waals surface area contributed by atoms with Crippen molar-refractivity contribution in [3.8, 4) is 11.5 Å². The molecule has 0 radical (unpaired) electrons. The number of benzene rings is 1. The van der Waals surface area contributed by atoms with E-state index in [0.717, 1.165) is 37.4 Å². The number of carbonyl (C=O) groups is 1. The number of rotatable bonds is 4. The van der Waals surface area contributed by atoms with Crippen LogP contribution >= 0.6 is 11.3 Å². The van der Waals surface area contributed by atoms with Crippen molar-refractivity contribution in [3.63, 3.8) is 0 Å². The first kappa shape index (κ1) is 23.3. The smallest absolute Gasteiger partial charge is 0.254 e. The standard InChI is InChI=1S/C26H30N2O4S.C2H6/c1-27(24(30)17-7-11-33-14-17)18-6-8-26(31)20-12-16-4-5-19(29)22-21(16)25(26,23(18)32-22)9-10-28(20)13-15-2-3-15;1-2/h4-5,7,11,14-15,18,20,23,29,31H,2-3,6,8-10,12-13H2,1H3;1-2H3/t18-,20-,23+,25+,26-;/m1./s1. The van der Waals surface area contributed by atoms with Gasteiger partial charge in [0.1, 0.15) is 6.10 Å². The predicted octanol–water partition coefficient (Wildman–Crippen LogP) is 4.18. The fraction of sp³-hybridized carbons (Fsp3) is 0.607. The van der Waals surface area contributed by atoms with E-state index in [2.05, 4.69) is 4.90 Å². The minimum Gasteiger partial charge on any atom is -0.504 e. The topological polar surface area (TPSA) is 73.2 Å². The van der Waals surface area contributed by atoms with Crippen LogP contribution in [0.5, 0.6) is 11.5 Å². The molecule has 3 fully saturated rings. The molecule has 6 nitrogen and oxygen atoms in total. The average Bonchev–Trinajstić information content (AvgIpc) is 3.36. The number of aliphatic hydroxyl groups is 1. The lowest BCUT2D eigenvalue weighted by molar-refractivity contribution is -0.197. The molecule has 7 rings (SSSR count). The summed E-state index contributed by atoms with van der Waals surface area (Å²) in [6.45, 7) is 5.99. The van der Waals surface area contributed by atoms with Gasteiger partial charge in [0.2, 0.25) is 0 Å². The highest BCUT2D eigenvalue weighted by Gasteiger charge is 2.73. The Hall–Kier alpha value is -2.09. The lowest BCUT2D eigenvalue weighted by atomic mass is 9.48. The van der Waals surface area contributed by atoms with Crippen molar-refractivity contribution in [2.45, 2.75) is 81.6 Å². The molecule has 1 amide bonds. The van der Waals surface area contributed by atoms with E-state index >= 15 is 0 Å². The Labute approximate surface area is 211 Å². The van der Waals surface area contributed by atoms with E-state index in [-0.39, 0.29) is 29.8 Å². The van der Waals surface area contributed by atoms with Gasteiger partial charge in [-0.25, -0.2) is 0 Å². The number of thiophene rings is 1. The van der Waals surface area contributed by atoms with Crippen LogP contribution in [-0.2, 0) is 11.8 Å². The van der Waals surface area contributed by atoms with E-state index in [1.54, 1.807) is 6.07 Å². The summed E-state index contributed by atoms with van der Waals surface area (Å²) < 4.78 is 6.58. The van der Waals surface area contributed by atoms with Gasteiger partial charge < -0.3 is 19.8 Å². The number of amides is 1. The molecule has 3 aliphatic carbocycles. The van der Waals surface area contributed by atoms with Crippen LogP contribution < -0.4 is 4.74 Å². The van der Waals surface area contributed by atoms with Crippen molar-refractivity contribution in [1.29, 1.82) is 0 Å². The Morgan fingerprint density at radius 3 is 2.74 bits per heavy atom. The molecule has 2 aromatic rings. The molecule has 2 N–H and O–H groups in total. The van der Waals surface area contributed by atoms with E-state index in [9.17, 15) is 15.0 Å². The van der Waals surface area contributed by atoms with Crippen molar-refractivity contribution < 1.29 is 19.7 Å². The first-order valence-electron chi connectivity index (χ1n) is 13.2. The second kappa shape index (κ2) is 8.22. The Kier molecular flexibility index (Phi) is 5.47. The highest BCUT2D eigenvalue weighted by atomic mass is 32.1. The molecule has 2 aliphatic heterocycles. The minimum absolute atomic E-state index is 0.00869. The molecule has 188 valence electrons. The van der Waals surface area contributed by atoms with Gasteiger partial charge in [0.05, 0.1) is 22.6 Å². The molecule has 35 heavy (non-hydrogen) atoms. The van der Waals surface area contributed by atoms with Gasteiger partial charge >= 0.3 is 0 Å². The van der Waals surface area contributed by atoms with Crippen molar-refractivity contribution in [2.24, 2.45) is 5.92 Å². The van der Waals surface area contributed by atoms with Gasteiger partial charge in [-0.05, 0) is 74.1 Å². The third-order valence-corrected chi connectivity index (χ3v) is 10.0. The third kappa shape index (κ3) is 3.10. The summed E-state index contributed by atoms with van der Waals surface area (Å²) in [5.41, 5.74) is 1.39. The molecule has 0 unspecified atom stereocenters. The van der Waals surface area contributed by atoms with Gasteiger partial charge in [-0.3, -0.25) is 9.69 Å². The SMILES string of the molecule is CC.CN(C(=O)c1ccsc1)[C@@H]1CC[C@@]2(O)[C@H]3Cc4ccc(O)c5c4[C@@]2(CCN3CC2CC2)[C@H]1O5. The van der Waals surface area contributed by atoms with E-state index in [4.69, 9.17) is 4.74 Å². The van der Waals surface area contributed by atoms with Crippen LogP contribution in [0.25, 0.3) is 0 Å². The zero-order valence-corrected chi connectivity index (χ0v) is 21.7. The van der Waals surface area contributed by atoms with Crippen molar-refractivity contribution >= 4 is 17.2 Å². The van der Waals surface area contributed by atoms with Crippen LogP contribution in [0.15, 0.2) is 29.0 Å². The fourth-order valence-electron chi connectivity index (χ4n) is 7.59. The summed E-state index contributed by atoms with van der Waals surface area (Å²) in [6.07, 6.45) is 5.13. The molecular weight excluding hydrogens is 460 g/mol. The largest absolute Gasteiger partial charge is 0.504 e. The van der Waals surface area contributed by atoms with Crippen LogP contribution in [0, 0.1) is 5.92 Å². The normalized spacial score (nSPS) is 34.3. The van der Waals surface area contributed by atoms with Crippen LogP contribution in [0.4, 0.5) is 0 Å². The molecular formula is C28H36N2O4S. The van der Waals surface area contributed by atoms with Gasteiger partial charge in [-0.15, -0.1) is 0 Å². The van der Waals surface area contributed by atoms with Gasteiger partial charge in [0.15, 0.2) is 11.5 Å². The summed E-state index contributed by atoms with van der Waals surface area (Å²) >= 11 is 1.52. The quantitative estimate of drug-likeness (QED) is 0.664. The van der Waals surface area contributed by atoms with Gasteiger partial charge in [-0.2, -0.15) is 11.3 Å². The molecule has 1 aromatic carbocycles. The van der Waals surface area contributed by atoms with Crippen LogP contribution in [-0.4, -0.2) is 69.8 Å². The molecule has 5 aliphatic rings. The highest BCUT2D eigenvalue weighted by Crippen LogP contribution is 2.66. The number of phenolic OH excluding ortho intramolecular Hbond substituents is 1. The third-order valence-electron chi connectivity index (χ3n) is 9.32. The molecule has 1 aromatic heterocycles. The number of likely N-dealkylation sites (N-methyl/N-ethyl adjacent to an activating group) is 1. The zero-order valence-electron chi connectivity index (χ0n) is 20.9. The molecule has 2 bridgehead atoms. The Balaban J connectivity index is 0.00000112. The summed E-state index contributed by atoms with van der Waals surface area (Å²) in [4.78, 5) is 17.6. The summed E-state index contributed by atoms with van der Waals surface area (Å²) in [5, 5.41) is 27.1. The number of piperidine rings is 1. The van der Waals surface area contributed by atoms with Gasteiger partial charge in [0, 0.05) is 30.6 Å². The second-order valence-electron chi connectivity index (χ2n) is 10.8. The Morgan fingerprint density at radius 1 is 1.23 bits per heavy atom. The molecule has 7 heteroatoms. The number of nitrogens with zero attached hydrogens (tertiary/aromatic N) is 2. The van der Waals surface area contributed by atoms with Crippen LogP contribution in [0.1, 0.15) is 67.4 Å². The van der Waals surface area contributed by atoms with Crippen molar-refractivity contribution in [1.82, 2.24) is 9.80 Å². The molecule has 2 saturated carbocycles. The molecule has 1 saturated heterocycles. The number of hydrogen-bond acceptors (Lipinski definition) is 6. The van der Waals surface area contributed by atoms with Crippen LogP contribution in [0.2, 0.25) is 0 Å². The highest BCUT2D eigenvalue weighted by molar-refractivity contribution is 7.08. The number of aromatic hydroxyl groups is 1. The predicted molar refractivity (Wildman–Crippen MR) is 136 cm³/mol. The maximum Gasteiger partial charge on any atom is 0.254 e. The minimum atomic E-state index is -0.917. The lowest BCUT2D eigenvalue weighted by Gasteiger charge is -2.64. The van der Waals surface area contributed by atoms with Crippen LogP contribution in [0.3, 0.4) is 0 Å². The van der Waals surface area contributed by atoms with Crippen molar-refractivity contribution in [2.75, 3.05) is 20.1 Å². The maximum absolute atomic E-state index is 13.3. The summed E-state index contributed by atoms with van der Waals surface area (Å²) in [5.74, 6) is 1.43. The summed E-state index contributed by atoms with van der Waals surface area (Å²) in [7, 11) is 1.86. The van der Waals surface area contributed by atoms with E-state index in [1.807, 2.05) is 48.7 Å². The summed E-state index contributed by atoms with van der Waals surface area (Å²) in [6, 6.07) is 5.52. The number of ether oxygens (including phenoxy) is 1. The number of phenols is 1. The number of carbonyl (C=O) groups excluding carboxylic acids is 1. The fourth-order valence-corrected chi connectivity index (χ4v) is 8.22. The molecule has 1 spiro atoms. The zero-order chi connectivity index (χ0) is 24.5. The number of likely N-dealkylation sites (tertiary alicyclic amines) is 1. The first-order valence-corrected chi connectivity index (χ1v) is 14.2. The lowest BCUT2D eigenvalue weighted by Crippen LogP contribution is -2.78. The second-order valence-corrected chi connectivity index (χ2v) is 11.6. The van der Waals surface area contributed by atoms with Gasteiger partial charge in [-0.1, -0.05) is 19.9 Å². The average molecular weight is 497 g/mol. The van der Waals surface area contributed by atoms with Gasteiger partial charge in [0.25, 0.3) is 5.91 Å². The molecule has 5 atom stereocenters. The van der Waals surface area contributed by atoms with E-state index in [1.165, 1.54) is 29.7 Å². The first-order chi connectivity index (χ1) is 16.9. The number of hydrogen-bond donors (Lipinski definition) is 2. The van der Waals surface area contributed by atoms with Crippen molar-refractivity contribution in [3.05, 3.63) is 45.6 Å².